The van der Waals surface area contributed by atoms with Gasteiger partial charge in [0.25, 0.3) is 5.91 Å². The summed E-state index contributed by atoms with van der Waals surface area (Å²) in [6, 6.07) is 6.39. The number of carbonyl (C=O) groups is 3. The number of urea groups is 1. The quantitative estimate of drug-likeness (QED) is 0.736. The van der Waals surface area contributed by atoms with Gasteiger partial charge in [-0.05, 0) is 24.6 Å². The van der Waals surface area contributed by atoms with Crippen molar-refractivity contribution in [2.45, 2.75) is 25.9 Å². The number of nitrogens with zero attached hydrogens (tertiary/aromatic N) is 3. The summed E-state index contributed by atoms with van der Waals surface area (Å²) in [7, 11) is 4.58. The molecule has 1 saturated heterocycles. The molecule has 7 nitrogen and oxygen atoms in total. The fourth-order valence-electron chi connectivity index (χ4n) is 2.70. The molecular formula is C17H23N3O4. The first-order chi connectivity index (χ1) is 11.4. The highest BCUT2D eigenvalue weighted by Crippen LogP contribution is 2.19. The lowest BCUT2D eigenvalue weighted by Crippen LogP contribution is -2.39. The van der Waals surface area contributed by atoms with Gasteiger partial charge in [-0.3, -0.25) is 14.5 Å². The number of hydrogen-bond donors (Lipinski definition) is 0. The lowest BCUT2D eigenvalue weighted by molar-refractivity contribution is -0.136. The smallest absolute Gasteiger partial charge is 0.326 e. The highest BCUT2D eigenvalue weighted by atomic mass is 16.5. The Hall–Kier alpha value is -2.57. The third-order valence-electron chi connectivity index (χ3n) is 4.31. The molecule has 24 heavy (non-hydrogen) atoms. The van der Waals surface area contributed by atoms with E-state index in [0.717, 1.165) is 16.2 Å². The van der Waals surface area contributed by atoms with Crippen LogP contribution < -0.4 is 4.74 Å². The van der Waals surface area contributed by atoms with Gasteiger partial charge in [-0.15, -0.1) is 0 Å². The Kier molecular flexibility index (Phi) is 5.43. The second kappa shape index (κ2) is 7.33. The van der Waals surface area contributed by atoms with Crippen LogP contribution in [0.25, 0.3) is 0 Å². The maximum atomic E-state index is 12.6. The van der Waals surface area contributed by atoms with Crippen molar-refractivity contribution in [1.29, 1.82) is 0 Å². The summed E-state index contributed by atoms with van der Waals surface area (Å²) in [4.78, 5) is 40.5. The SMILES string of the molecule is CCN(Cc1ccc(OC)cc1)C(=O)C[C@@H]1C(=O)N(C)C(=O)N1C. The molecule has 130 valence electrons. The van der Waals surface area contributed by atoms with Crippen molar-refractivity contribution in [3.8, 4) is 5.75 Å². The van der Waals surface area contributed by atoms with Gasteiger partial charge in [0.05, 0.1) is 13.5 Å². The minimum Gasteiger partial charge on any atom is -0.497 e. The molecule has 1 heterocycles. The van der Waals surface area contributed by atoms with Crippen molar-refractivity contribution in [3.05, 3.63) is 29.8 Å². The van der Waals surface area contributed by atoms with E-state index in [1.54, 1.807) is 19.1 Å². The molecule has 1 aliphatic heterocycles. The normalized spacial score (nSPS) is 17.4. The Morgan fingerprint density at radius 2 is 1.83 bits per heavy atom. The van der Waals surface area contributed by atoms with Crippen molar-refractivity contribution >= 4 is 17.8 Å². The summed E-state index contributed by atoms with van der Waals surface area (Å²) in [5.74, 6) is 0.269. The van der Waals surface area contributed by atoms with E-state index >= 15 is 0 Å². The number of methoxy groups -OCH3 is 1. The third-order valence-corrected chi connectivity index (χ3v) is 4.31. The Labute approximate surface area is 141 Å². The van der Waals surface area contributed by atoms with Gasteiger partial charge in [-0.25, -0.2) is 4.79 Å². The van der Waals surface area contributed by atoms with Crippen LogP contribution >= 0.6 is 0 Å². The van der Waals surface area contributed by atoms with E-state index in [4.69, 9.17) is 4.74 Å². The molecule has 7 heteroatoms. The van der Waals surface area contributed by atoms with E-state index in [1.807, 2.05) is 31.2 Å². The van der Waals surface area contributed by atoms with Gasteiger partial charge in [0.2, 0.25) is 5.91 Å². The molecule has 4 amide bonds. The molecule has 0 saturated carbocycles. The van der Waals surface area contributed by atoms with Crippen LogP contribution in [0.5, 0.6) is 5.75 Å². The number of hydrogen-bond acceptors (Lipinski definition) is 4. The van der Waals surface area contributed by atoms with Gasteiger partial charge < -0.3 is 14.5 Å². The van der Waals surface area contributed by atoms with Gasteiger partial charge in [0.1, 0.15) is 11.8 Å². The van der Waals surface area contributed by atoms with Crippen LogP contribution in [0.2, 0.25) is 0 Å². The molecule has 1 aromatic rings. The Balaban J connectivity index is 2.03. The maximum Gasteiger partial charge on any atom is 0.326 e. The number of imide groups is 1. The fraction of sp³-hybridized carbons (Fsp3) is 0.471. The summed E-state index contributed by atoms with van der Waals surface area (Å²) in [6.45, 7) is 2.87. The van der Waals surface area contributed by atoms with E-state index in [9.17, 15) is 14.4 Å². The highest BCUT2D eigenvalue weighted by Gasteiger charge is 2.42. The zero-order valence-corrected chi connectivity index (χ0v) is 14.5. The third kappa shape index (κ3) is 3.50. The van der Waals surface area contributed by atoms with Crippen LogP contribution in [0, 0.1) is 0 Å². The molecule has 0 bridgehead atoms. The minimum absolute atomic E-state index is 0.00456. The Morgan fingerprint density at radius 1 is 1.21 bits per heavy atom. The first-order valence-corrected chi connectivity index (χ1v) is 7.84. The molecule has 0 aromatic heterocycles. The molecule has 0 N–H and O–H groups in total. The number of benzene rings is 1. The van der Waals surface area contributed by atoms with E-state index in [2.05, 4.69) is 0 Å². The molecule has 0 aliphatic carbocycles. The van der Waals surface area contributed by atoms with E-state index in [-0.39, 0.29) is 24.3 Å². The second-order valence-corrected chi connectivity index (χ2v) is 5.77. The van der Waals surface area contributed by atoms with Gasteiger partial charge in [-0.2, -0.15) is 0 Å². The molecule has 0 unspecified atom stereocenters. The van der Waals surface area contributed by atoms with Gasteiger partial charge in [-0.1, -0.05) is 12.1 Å². The second-order valence-electron chi connectivity index (χ2n) is 5.77. The molecule has 0 radical (unpaired) electrons. The van der Waals surface area contributed by atoms with Crippen LogP contribution in [0.15, 0.2) is 24.3 Å². The standard InChI is InChI=1S/C17H23N3O4/c1-5-20(11-12-6-8-13(24-4)9-7-12)15(21)10-14-16(22)19(3)17(23)18(14)2/h6-9,14H,5,10-11H2,1-4H3/t14-/m1/s1. The van der Waals surface area contributed by atoms with Crippen molar-refractivity contribution in [3.63, 3.8) is 0 Å². The van der Waals surface area contributed by atoms with Gasteiger partial charge >= 0.3 is 6.03 Å². The number of likely N-dealkylation sites (N-methyl/N-ethyl adjacent to an activating group) is 2. The lowest BCUT2D eigenvalue weighted by Gasteiger charge is -2.24. The molecule has 1 atom stereocenters. The summed E-state index contributed by atoms with van der Waals surface area (Å²) >= 11 is 0. The maximum absolute atomic E-state index is 12.6. The zero-order chi connectivity index (χ0) is 17.9. The number of rotatable bonds is 6. The lowest BCUT2D eigenvalue weighted by atomic mass is 10.1. The first kappa shape index (κ1) is 17.8. The molecule has 1 fully saturated rings. The Morgan fingerprint density at radius 3 is 2.29 bits per heavy atom. The molecule has 1 aromatic carbocycles. The fourth-order valence-corrected chi connectivity index (χ4v) is 2.70. The van der Waals surface area contributed by atoms with Crippen LogP contribution in [-0.4, -0.2) is 66.3 Å². The van der Waals surface area contributed by atoms with Crippen molar-refractivity contribution in [2.75, 3.05) is 27.7 Å². The minimum atomic E-state index is -0.722. The Bertz CT molecular complexity index is 629. The summed E-state index contributed by atoms with van der Waals surface area (Å²) in [5.41, 5.74) is 0.977. The van der Waals surface area contributed by atoms with Gasteiger partial charge in [0, 0.05) is 27.2 Å². The number of carbonyl (C=O) groups excluding carboxylic acids is 3. The van der Waals surface area contributed by atoms with E-state index in [0.29, 0.717) is 13.1 Å². The van der Waals surface area contributed by atoms with Gasteiger partial charge in [0.15, 0.2) is 0 Å². The highest BCUT2D eigenvalue weighted by molar-refractivity contribution is 6.05. The summed E-state index contributed by atoms with van der Waals surface area (Å²) in [5, 5.41) is 0. The summed E-state index contributed by atoms with van der Waals surface area (Å²) < 4.78 is 5.12. The first-order valence-electron chi connectivity index (χ1n) is 7.84. The molecule has 2 rings (SSSR count). The zero-order valence-electron chi connectivity index (χ0n) is 14.5. The molecule has 1 aliphatic rings. The van der Waals surface area contributed by atoms with E-state index in [1.165, 1.54) is 11.9 Å². The van der Waals surface area contributed by atoms with Crippen molar-refractivity contribution < 1.29 is 19.1 Å². The molecular weight excluding hydrogens is 310 g/mol. The van der Waals surface area contributed by atoms with Crippen LogP contribution in [-0.2, 0) is 16.1 Å². The predicted octanol–water partition coefficient (Wildman–Crippen LogP) is 1.33. The molecule has 0 spiro atoms. The van der Waals surface area contributed by atoms with Crippen LogP contribution in [0.4, 0.5) is 4.79 Å². The number of amides is 4. The van der Waals surface area contributed by atoms with Crippen LogP contribution in [0.1, 0.15) is 18.9 Å². The topological polar surface area (TPSA) is 70.2 Å². The predicted molar refractivity (Wildman–Crippen MR) is 88.4 cm³/mol. The van der Waals surface area contributed by atoms with E-state index < -0.39 is 6.04 Å². The van der Waals surface area contributed by atoms with Crippen molar-refractivity contribution in [2.24, 2.45) is 0 Å². The number of ether oxygens (including phenoxy) is 1. The monoisotopic (exact) mass is 333 g/mol. The summed E-state index contributed by atoms with van der Waals surface area (Å²) in [6.07, 6.45) is -0.00456. The van der Waals surface area contributed by atoms with Crippen LogP contribution in [0.3, 0.4) is 0 Å². The van der Waals surface area contributed by atoms with Crippen molar-refractivity contribution in [1.82, 2.24) is 14.7 Å². The average Bonchev–Trinajstić information content (AvgIpc) is 2.78. The average molecular weight is 333 g/mol. The largest absolute Gasteiger partial charge is 0.497 e.